The van der Waals surface area contributed by atoms with Crippen molar-refractivity contribution < 1.29 is 17.6 Å². The second kappa shape index (κ2) is 8.31. The molecule has 0 saturated heterocycles. The van der Waals surface area contributed by atoms with Crippen molar-refractivity contribution in [1.29, 1.82) is 0 Å². The van der Waals surface area contributed by atoms with Crippen molar-refractivity contribution in [2.45, 2.75) is 50.6 Å². The Morgan fingerprint density at radius 3 is 2.48 bits per heavy atom. The zero-order valence-electron chi connectivity index (χ0n) is 14.3. The lowest BCUT2D eigenvalue weighted by molar-refractivity contribution is -0.137. The van der Waals surface area contributed by atoms with Gasteiger partial charge in [-0.1, -0.05) is 12.8 Å². The van der Waals surface area contributed by atoms with Crippen molar-refractivity contribution in [3.8, 4) is 0 Å². The fourth-order valence-electron chi connectivity index (χ4n) is 3.24. The van der Waals surface area contributed by atoms with Crippen LogP contribution in [0.25, 0.3) is 0 Å². The number of nitrogens with one attached hydrogen (secondary N) is 2. The Hall–Kier alpha value is -1.41. The lowest BCUT2D eigenvalue weighted by Gasteiger charge is -2.37. The number of anilines is 1. The van der Waals surface area contributed by atoms with Crippen molar-refractivity contribution in [3.05, 3.63) is 29.3 Å². The Labute approximate surface area is 150 Å². The monoisotopic (exact) mass is 377 g/mol. The summed E-state index contributed by atoms with van der Waals surface area (Å²) in [6, 6.07) is 3.54. The fourth-order valence-corrected chi connectivity index (χ4v) is 3.51. The summed E-state index contributed by atoms with van der Waals surface area (Å²) in [6.45, 7) is -0.968. The molecule has 0 unspecified atom stereocenters. The summed E-state index contributed by atoms with van der Waals surface area (Å²) < 4.78 is 51.7. The first kappa shape index (κ1) is 19.9. The molecule has 8 heteroatoms. The van der Waals surface area contributed by atoms with Gasteiger partial charge in [0.25, 0.3) is 0 Å². The van der Waals surface area contributed by atoms with Gasteiger partial charge in [0.15, 0.2) is 5.11 Å². The van der Waals surface area contributed by atoms with Crippen LogP contribution in [0.4, 0.5) is 23.2 Å². The molecule has 1 aliphatic carbocycles. The summed E-state index contributed by atoms with van der Waals surface area (Å²) in [5.41, 5.74) is -0.794. The second-order valence-corrected chi connectivity index (χ2v) is 6.98. The minimum Gasteiger partial charge on any atom is -0.358 e. The highest BCUT2D eigenvalue weighted by Crippen LogP contribution is 2.32. The molecule has 1 fully saturated rings. The van der Waals surface area contributed by atoms with Crippen molar-refractivity contribution in [1.82, 2.24) is 10.2 Å². The third kappa shape index (κ3) is 5.54. The van der Waals surface area contributed by atoms with Crippen LogP contribution in [-0.4, -0.2) is 36.2 Å². The molecule has 0 aromatic heterocycles. The van der Waals surface area contributed by atoms with E-state index < -0.39 is 18.4 Å². The van der Waals surface area contributed by atoms with Gasteiger partial charge in [0, 0.05) is 17.8 Å². The molecule has 25 heavy (non-hydrogen) atoms. The number of rotatable bonds is 4. The van der Waals surface area contributed by atoms with Crippen LogP contribution >= 0.6 is 12.2 Å². The number of benzene rings is 1. The quantitative estimate of drug-likeness (QED) is 0.603. The normalized spacial score (nSPS) is 21.2. The highest BCUT2D eigenvalue weighted by Gasteiger charge is 2.31. The predicted molar refractivity (Wildman–Crippen MR) is 95.3 cm³/mol. The number of thiocarbonyl (C=S) groups is 1. The predicted octanol–water partition coefficient (Wildman–Crippen LogP) is 4.33. The van der Waals surface area contributed by atoms with Gasteiger partial charge in [-0.25, -0.2) is 4.39 Å². The lowest BCUT2D eigenvalue weighted by atomic mass is 9.90. The summed E-state index contributed by atoms with van der Waals surface area (Å²) >= 11 is 5.26. The lowest BCUT2D eigenvalue weighted by Crippen LogP contribution is -2.52. The zero-order chi connectivity index (χ0) is 18.6. The van der Waals surface area contributed by atoms with E-state index in [9.17, 15) is 17.6 Å². The fraction of sp³-hybridized carbons (Fsp3) is 0.588. The molecule has 0 aliphatic heterocycles. The van der Waals surface area contributed by atoms with Gasteiger partial charge in [-0.05, 0) is 62.9 Å². The van der Waals surface area contributed by atoms with E-state index in [-0.39, 0.29) is 22.4 Å². The molecule has 1 aromatic rings. The van der Waals surface area contributed by atoms with Crippen molar-refractivity contribution >= 4 is 23.0 Å². The molecule has 2 N–H and O–H groups in total. The third-order valence-corrected chi connectivity index (χ3v) is 4.66. The first-order valence-corrected chi connectivity index (χ1v) is 8.62. The van der Waals surface area contributed by atoms with E-state index in [4.69, 9.17) is 12.2 Å². The van der Waals surface area contributed by atoms with E-state index in [1.807, 2.05) is 14.1 Å². The molecule has 1 saturated carbocycles. The Morgan fingerprint density at radius 2 is 1.88 bits per heavy atom. The van der Waals surface area contributed by atoms with E-state index >= 15 is 0 Å². The van der Waals surface area contributed by atoms with E-state index in [0.717, 1.165) is 37.8 Å². The standard InChI is InChI=1S/C17H23F4N3S/c1-24(2)15-6-4-3-5-14(15)23-16(25)22-13-8-11(10-18)7-12(9-13)17(19,20)21/h7-9,14-15H,3-6,10H2,1-2H3,(H2,22,23,25)/t14-,15-/m1/s1. The van der Waals surface area contributed by atoms with Gasteiger partial charge in [-0.15, -0.1) is 0 Å². The minimum absolute atomic E-state index is 0.0380. The van der Waals surface area contributed by atoms with Crippen molar-refractivity contribution in [3.63, 3.8) is 0 Å². The molecule has 2 atom stereocenters. The van der Waals surface area contributed by atoms with Crippen LogP contribution in [0.1, 0.15) is 36.8 Å². The third-order valence-electron chi connectivity index (χ3n) is 4.44. The first-order valence-electron chi connectivity index (χ1n) is 8.22. The van der Waals surface area contributed by atoms with E-state index in [1.54, 1.807) is 0 Å². The number of halogens is 4. The number of likely N-dealkylation sites (N-methyl/N-ethyl adjacent to an activating group) is 1. The largest absolute Gasteiger partial charge is 0.416 e. The van der Waals surface area contributed by atoms with Gasteiger partial charge >= 0.3 is 6.18 Å². The molecular formula is C17H23F4N3S. The molecule has 0 bridgehead atoms. The van der Waals surface area contributed by atoms with Gasteiger partial charge < -0.3 is 15.5 Å². The van der Waals surface area contributed by atoms with Gasteiger partial charge in [0.05, 0.1) is 5.56 Å². The summed E-state index contributed by atoms with van der Waals surface area (Å²) in [5, 5.41) is 6.22. The van der Waals surface area contributed by atoms with Crippen molar-refractivity contribution in [2.75, 3.05) is 19.4 Å². The topological polar surface area (TPSA) is 27.3 Å². The van der Waals surface area contributed by atoms with Gasteiger partial charge in [0.2, 0.25) is 0 Å². The average Bonchev–Trinajstić information content (AvgIpc) is 2.53. The first-order chi connectivity index (χ1) is 11.7. The maximum atomic E-state index is 12.9. The maximum absolute atomic E-state index is 12.9. The second-order valence-electron chi connectivity index (χ2n) is 6.57. The van der Waals surface area contributed by atoms with Crippen LogP contribution in [0.2, 0.25) is 0 Å². The Kier molecular flexibility index (Phi) is 6.62. The van der Waals surface area contributed by atoms with Crippen LogP contribution in [0, 0.1) is 0 Å². The Bertz CT molecular complexity index is 604. The van der Waals surface area contributed by atoms with Crippen LogP contribution in [-0.2, 0) is 12.9 Å². The smallest absolute Gasteiger partial charge is 0.358 e. The minimum atomic E-state index is -4.53. The SMILES string of the molecule is CN(C)[C@@H]1CCCC[C@H]1NC(=S)Nc1cc(CF)cc(C(F)(F)F)c1. The van der Waals surface area contributed by atoms with Gasteiger partial charge in [-0.2, -0.15) is 13.2 Å². The van der Waals surface area contributed by atoms with Crippen LogP contribution in [0.15, 0.2) is 18.2 Å². The summed E-state index contributed by atoms with van der Waals surface area (Å²) in [6.07, 6.45) is -0.309. The molecule has 0 radical (unpaired) electrons. The Morgan fingerprint density at radius 1 is 1.20 bits per heavy atom. The molecule has 0 amide bonds. The Balaban J connectivity index is 2.09. The number of alkyl halides is 4. The van der Waals surface area contributed by atoms with Crippen LogP contribution in [0.3, 0.4) is 0 Å². The van der Waals surface area contributed by atoms with E-state index in [1.165, 1.54) is 6.07 Å². The summed E-state index contributed by atoms with van der Waals surface area (Å²) in [7, 11) is 4.00. The number of hydrogen-bond acceptors (Lipinski definition) is 2. The molecule has 1 aromatic carbocycles. The van der Waals surface area contributed by atoms with Crippen molar-refractivity contribution in [2.24, 2.45) is 0 Å². The van der Waals surface area contributed by atoms with Crippen LogP contribution in [0.5, 0.6) is 0 Å². The van der Waals surface area contributed by atoms with Gasteiger partial charge in [0.1, 0.15) is 6.67 Å². The number of nitrogens with zero attached hydrogens (tertiary/aromatic N) is 1. The summed E-state index contributed by atoms with van der Waals surface area (Å²) in [5.74, 6) is 0. The highest BCUT2D eigenvalue weighted by atomic mass is 32.1. The molecule has 0 spiro atoms. The highest BCUT2D eigenvalue weighted by molar-refractivity contribution is 7.80. The van der Waals surface area contributed by atoms with Gasteiger partial charge in [-0.3, -0.25) is 0 Å². The average molecular weight is 377 g/mol. The molecular weight excluding hydrogens is 354 g/mol. The molecule has 2 rings (SSSR count). The van der Waals surface area contributed by atoms with Crippen LogP contribution < -0.4 is 10.6 Å². The van der Waals surface area contributed by atoms with E-state index in [0.29, 0.717) is 6.04 Å². The molecule has 0 heterocycles. The van der Waals surface area contributed by atoms with E-state index in [2.05, 4.69) is 15.5 Å². The summed E-state index contributed by atoms with van der Waals surface area (Å²) in [4.78, 5) is 2.13. The number of hydrogen-bond donors (Lipinski definition) is 2. The maximum Gasteiger partial charge on any atom is 0.416 e. The molecule has 3 nitrogen and oxygen atoms in total. The zero-order valence-corrected chi connectivity index (χ0v) is 15.1. The molecule has 1 aliphatic rings. The molecule has 140 valence electrons.